The number of rotatable bonds is 5. The summed E-state index contributed by atoms with van der Waals surface area (Å²) in [6.07, 6.45) is 4.43. The summed E-state index contributed by atoms with van der Waals surface area (Å²) in [7, 11) is 0. The third kappa shape index (κ3) is 3.13. The lowest BCUT2D eigenvalue weighted by Gasteiger charge is -1.99. The lowest BCUT2D eigenvalue weighted by atomic mass is 10.2. The molecule has 1 aliphatic rings. The Balaban J connectivity index is 1.33. The number of aromatic amines is 1. The van der Waals surface area contributed by atoms with Crippen molar-refractivity contribution in [1.29, 1.82) is 0 Å². The van der Waals surface area contributed by atoms with Gasteiger partial charge in [0.2, 0.25) is 5.91 Å². The van der Waals surface area contributed by atoms with Gasteiger partial charge in [0.15, 0.2) is 0 Å². The van der Waals surface area contributed by atoms with E-state index in [9.17, 15) is 4.79 Å². The molecule has 4 heteroatoms. The number of carbonyl (C=O) groups excluding carboxylic acids is 1. The Morgan fingerprint density at radius 1 is 1.33 bits per heavy atom. The van der Waals surface area contributed by atoms with Gasteiger partial charge in [0.05, 0.1) is 6.54 Å². The van der Waals surface area contributed by atoms with Crippen LogP contribution in [-0.4, -0.2) is 10.9 Å². The van der Waals surface area contributed by atoms with Gasteiger partial charge in [-0.3, -0.25) is 4.79 Å². The highest BCUT2D eigenvalue weighted by Gasteiger charge is 2.36. The van der Waals surface area contributed by atoms with Crippen molar-refractivity contribution in [3.8, 4) is 0 Å². The Labute approximate surface area is 140 Å². The molecule has 1 saturated carbocycles. The molecule has 2 heterocycles. The van der Waals surface area contributed by atoms with Crippen molar-refractivity contribution in [2.75, 3.05) is 0 Å². The number of amides is 1. The molecule has 122 valence electrons. The van der Waals surface area contributed by atoms with Crippen LogP contribution in [0.15, 0.2) is 53.0 Å². The van der Waals surface area contributed by atoms with E-state index in [2.05, 4.69) is 23.3 Å². The van der Waals surface area contributed by atoms with E-state index >= 15 is 0 Å². The van der Waals surface area contributed by atoms with Gasteiger partial charge in [0, 0.05) is 23.2 Å². The Morgan fingerprint density at radius 3 is 2.96 bits per heavy atom. The zero-order chi connectivity index (χ0) is 16.5. The van der Waals surface area contributed by atoms with Crippen LogP contribution >= 0.6 is 0 Å². The number of hydrogen-bond acceptors (Lipinski definition) is 2. The predicted octanol–water partition coefficient (Wildman–Crippen LogP) is 4.21. The van der Waals surface area contributed by atoms with Gasteiger partial charge in [-0.05, 0) is 48.1 Å². The smallest absolute Gasteiger partial charge is 0.244 e. The van der Waals surface area contributed by atoms with Crippen molar-refractivity contribution in [1.82, 2.24) is 10.3 Å². The average molecular weight is 320 g/mol. The van der Waals surface area contributed by atoms with E-state index in [1.807, 2.05) is 36.4 Å². The molecule has 0 spiro atoms. The van der Waals surface area contributed by atoms with E-state index in [0.717, 1.165) is 28.1 Å². The summed E-state index contributed by atoms with van der Waals surface area (Å²) in [5.41, 5.74) is 2.07. The highest BCUT2D eigenvalue weighted by atomic mass is 16.3. The second-order valence-corrected chi connectivity index (χ2v) is 6.49. The number of furan rings is 1. The van der Waals surface area contributed by atoms with Gasteiger partial charge in [-0.2, -0.15) is 0 Å². The molecular formula is C20H20N2O2. The van der Waals surface area contributed by atoms with Crippen LogP contribution in [0.4, 0.5) is 0 Å². The minimum absolute atomic E-state index is 0.133. The number of H-pyrrole nitrogens is 1. The fourth-order valence-electron chi connectivity index (χ4n) is 3.00. The fourth-order valence-corrected chi connectivity index (χ4v) is 3.00. The van der Waals surface area contributed by atoms with Gasteiger partial charge >= 0.3 is 0 Å². The minimum atomic E-state index is -0.133. The second kappa shape index (κ2) is 6.04. The Morgan fingerprint density at radius 2 is 2.17 bits per heavy atom. The molecule has 1 aliphatic carbocycles. The number of nitrogens with one attached hydrogen (secondary N) is 2. The molecule has 0 radical (unpaired) electrons. The molecule has 0 bridgehead atoms. The van der Waals surface area contributed by atoms with E-state index in [1.54, 1.807) is 6.08 Å². The summed E-state index contributed by atoms with van der Waals surface area (Å²) >= 11 is 0. The summed E-state index contributed by atoms with van der Waals surface area (Å²) in [5, 5.41) is 4.03. The van der Waals surface area contributed by atoms with Crippen molar-refractivity contribution in [3.05, 3.63) is 65.8 Å². The van der Waals surface area contributed by atoms with Crippen LogP contribution in [0.3, 0.4) is 0 Å². The van der Waals surface area contributed by atoms with Crippen molar-refractivity contribution in [2.45, 2.75) is 25.8 Å². The SMILES string of the molecule is C[C@@H]1C[C@H]1c1ccc(/C=C/C(=O)NCc2cc3ccccc3[nH]2)o1. The van der Waals surface area contributed by atoms with Gasteiger partial charge in [0.25, 0.3) is 0 Å². The lowest BCUT2D eigenvalue weighted by molar-refractivity contribution is -0.116. The van der Waals surface area contributed by atoms with Gasteiger partial charge < -0.3 is 14.7 Å². The van der Waals surface area contributed by atoms with E-state index in [0.29, 0.717) is 18.4 Å². The molecule has 0 saturated heterocycles. The number of fused-ring (bicyclic) bond motifs is 1. The highest BCUT2D eigenvalue weighted by molar-refractivity contribution is 5.91. The second-order valence-electron chi connectivity index (χ2n) is 6.49. The average Bonchev–Trinajstić information content (AvgIpc) is 3.02. The quantitative estimate of drug-likeness (QED) is 0.692. The normalized spacial score (nSPS) is 19.9. The van der Waals surface area contributed by atoms with Gasteiger partial charge in [-0.15, -0.1) is 0 Å². The van der Waals surface area contributed by atoms with Crippen molar-refractivity contribution < 1.29 is 9.21 Å². The molecule has 3 aromatic rings. The topological polar surface area (TPSA) is 58.0 Å². The Kier molecular flexibility index (Phi) is 3.73. The number of aromatic nitrogens is 1. The Hall–Kier alpha value is -2.75. The van der Waals surface area contributed by atoms with Crippen LogP contribution in [-0.2, 0) is 11.3 Å². The number of hydrogen-bond donors (Lipinski definition) is 2. The summed E-state index contributed by atoms with van der Waals surface area (Å²) in [4.78, 5) is 15.3. The molecule has 0 unspecified atom stereocenters. The zero-order valence-corrected chi connectivity index (χ0v) is 13.6. The van der Waals surface area contributed by atoms with Crippen LogP contribution in [0.2, 0.25) is 0 Å². The fraction of sp³-hybridized carbons (Fsp3) is 0.250. The molecule has 1 amide bonds. The molecule has 1 fully saturated rings. The first-order chi connectivity index (χ1) is 11.7. The summed E-state index contributed by atoms with van der Waals surface area (Å²) < 4.78 is 5.76. The van der Waals surface area contributed by atoms with Crippen LogP contribution in [0, 0.1) is 5.92 Å². The maximum atomic E-state index is 12.0. The molecule has 0 aliphatic heterocycles. The molecule has 1 aromatic carbocycles. The van der Waals surface area contributed by atoms with Gasteiger partial charge in [-0.25, -0.2) is 0 Å². The summed E-state index contributed by atoms with van der Waals surface area (Å²) in [6, 6.07) is 14.0. The number of carbonyl (C=O) groups is 1. The van der Waals surface area contributed by atoms with E-state index < -0.39 is 0 Å². The maximum Gasteiger partial charge on any atom is 0.244 e. The third-order valence-corrected chi connectivity index (χ3v) is 4.56. The lowest BCUT2D eigenvalue weighted by Crippen LogP contribution is -2.20. The maximum absolute atomic E-state index is 12.0. The first kappa shape index (κ1) is 14.8. The van der Waals surface area contributed by atoms with Crippen LogP contribution < -0.4 is 5.32 Å². The van der Waals surface area contributed by atoms with E-state index in [4.69, 9.17) is 4.42 Å². The molecule has 2 atom stereocenters. The first-order valence-corrected chi connectivity index (χ1v) is 8.31. The van der Waals surface area contributed by atoms with E-state index in [-0.39, 0.29) is 5.91 Å². The largest absolute Gasteiger partial charge is 0.461 e. The first-order valence-electron chi connectivity index (χ1n) is 8.31. The number of para-hydroxylation sites is 1. The highest BCUT2D eigenvalue weighted by Crippen LogP contribution is 2.47. The molecule has 2 aromatic heterocycles. The molecular weight excluding hydrogens is 300 g/mol. The van der Waals surface area contributed by atoms with Crippen LogP contribution in [0.5, 0.6) is 0 Å². The van der Waals surface area contributed by atoms with Gasteiger partial charge in [-0.1, -0.05) is 25.1 Å². The molecule has 2 N–H and O–H groups in total. The molecule has 24 heavy (non-hydrogen) atoms. The Bertz CT molecular complexity index is 870. The summed E-state index contributed by atoms with van der Waals surface area (Å²) in [5.74, 6) is 2.90. The van der Waals surface area contributed by atoms with Crippen molar-refractivity contribution in [3.63, 3.8) is 0 Å². The van der Waals surface area contributed by atoms with Crippen LogP contribution in [0.1, 0.15) is 36.5 Å². The van der Waals surface area contributed by atoms with Crippen molar-refractivity contribution >= 4 is 22.9 Å². The number of benzene rings is 1. The third-order valence-electron chi connectivity index (χ3n) is 4.56. The van der Waals surface area contributed by atoms with Crippen molar-refractivity contribution in [2.24, 2.45) is 5.92 Å². The monoisotopic (exact) mass is 320 g/mol. The van der Waals surface area contributed by atoms with Crippen LogP contribution in [0.25, 0.3) is 17.0 Å². The predicted molar refractivity (Wildman–Crippen MR) is 94.4 cm³/mol. The summed E-state index contributed by atoms with van der Waals surface area (Å²) in [6.45, 7) is 2.70. The molecule has 4 nitrogen and oxygen atoms in total. The standard InChI is InChI=1S/C20H20N2O2/c1-13-10-17(13)19-8-6-16(24-19)7-9-20(23)21-12-15-11-14-4-2-3-5-18(14)22-15/h2-9,11,13,17,22H,10,12H2,1H3,(H,21,23)/b9-7+/t13-,17-/m1/s1. The van der Waals surface area contributed by atoms with E-state index in [1.165, 1.54) is 12.5 Å². The minimum Gasteiger partial charge on any atom is -0.461 e. The van der Waals surface area contributed by atoms with Gasteiger partial charge in [0.1, 0.15) is 11.5 Å². The zero-order valence-electron chi connectivity index (χ0n) is 13.6. The molecule has 4 rings (SSSR count).